The van der Waals surface area contributed by atoms with E-state index in [9.17, 15) is 19.2 Å². The third-order valence-corrected chi connectivity index (χ3v) is 2.40. The zero-order valence-electron chi connectivity index (χ0n) is 12.8. The maximum atomic E-state index is 12.1. The first-order valence-electron chi connectivity index (χ1n) is 6.41. The highest BCUT2D eigenvalue weighted by molar-refractivity contribution is 6.40. The largest absolute Gasteiger partial charge is 0.442 e. The second-order valence-electron chi connectivity index (χ2n) is 5.74. The topological polar surface area (TPSA) is 96.4 Å². The summed E-state index contributed by atoms with van der Waals surface area (Å²) >= 11 is 0. The highest BCUT2D eigenvalue weighted by Gasteiger charge is 2.36. The van der Waals surface area contributed by atoms with Gasteiger partial charge in [0.05, 0.1) is 13.1 Å². The van der Waals surface area contributed by atoms with E-state index < -0.39 is 17.7 Å². The van der Waals surface area contributed by atoms with Crippen molar-refractivity contribution in [2.75, 3.05) is 13.1 Å². The molecular weight excluding hydrogens is 278 g/mol. The van der Waals surface area contributed by atoms with Crippen molar-refractivity contribution in [3.8, 4) is 0 Å². The molecule has 1 aliphatic rings. The van der Waals surface area contributed by atoms with Crippen LogP contribution >= 0.6 is 0 Å². The Bertz CT molecular complexity index is 518. The fourth-order valence-corrected chi connectivity index (χ4v) is 1.58. The SMILES string of the molecule is CC(=O)CN1CC(C(C)=O)=NN(C(=O)OC(C)(C)C)C1=O. The molecule has 8 nitrogen and oxygen atoms in total. The van der Waals surface area contributed by atoms with E-state index in [1.54, 1.807) is 20.8 Å². The van der Waals surface area contributed by atoms with Crippen molar-refractivity contribution in [2.24, 2.45) is 5.10 Å². The van der Waals surface area contributed by atoms with Crippen molar-refractivity contribution < 1.29 is 23.9 Å². The van der Waals surface area contributed by atoms with Gasteiger partial charge in [-0.2, -0.15) is 5.10 Å². The second-order valence-corrected chi connectivity index (χ2v) is 5.74. The predicted molar refractivity (Wildman–Crippen MR) is 73.8 cm³/mol. The number of nitrogens with zero attached hydrogens (tertiary/aromatic N) is 3. The molecule has 0 aromatic carbocycles. The first kappa shape index (κ1) is 16.8. The number of carbonyl (C=O) groups excluding carboxylic acids is 4. The monoisotopic (exact) mass is 297 g/mol. The number of rotatable bonds is 3. The molecule has 1 aliphatic heterocycles. The summed E-state index contributed by atoms with van der Waals surface area (Å²) in [6.45, 7) is 7.20. The number of amides is 3. The van der Waals surface area contributed by atoms with Gasteiger partial charge in [-0.25, -0.2) is 9.59 Å². The number of ether oxygens (including phenoxy) is 1. The van der Waals surface area contributed by atoms with Gasteiger partial charge in [0, 0.05) is 6.92 Å². The van der Waals surface area contributed by atoms with Crippen LogP contribution in [-0.4, -0.2) is 58.0 Å². The summed E-state index contributed by atoms with van der Waals surface area (Å²) < 4.78 is 5.07. The Labute approximate surface area is 122 Å². The summed E-state index contributed by atoms with van der Waals surface area (Å²) in [7, 11) is 0. The molecule has 0 aliphatic carbocycles. The average Bonchev–Trinajstić information content (AvgIpc) is 2.28. The zero-order valence-corrected chi connectivity index (χ0v) is 12.8. The van der Waals surface area contributed by atoms with Crippen LogP contribution in [0.25, 0.3) is 0 Å². The molecule has 0 aromatic heterocycles. The van der Waals surface area contributed by atoms with E-state index in [4.69, 9.17) is 4.74 Å². The van der Waals surface area contributed by atoms with Gasteiger partial charge in [-0.1, -0.05) is 0 Å². The normalized spacial score (nSPS) is 15.7. The van der Waals surface area contributed by atoms with E-state index in [1.165, 1.54) is 13.8 Å². The third-order valence-electron chi connectivity index (χ3n) is 2.40. The van der Waals surface area contributed by atoms with Gasteiger partial charge in [0.25, 0.3) is 0 Å². The van der Waals surface area contributed by atoms with E-state index in [2.05, 4.69) is 5.10 Å². The quantitative estimate of drug-likeness (QED) is 0.779. The van der Waals surface area contributed by atoms with Crippen LogP contribution in [0.4, 0.5) is 9.59 Å². The Morgan fingerprint density at radius 3 is 2.24 bits per heavy atom. The first-order chi connectivity index (χ1) is 9.51. The predicted octanol–water partition coefficient (Wildman–Crippen LogP) is 1.19. The lowest BCUT2D eigenvalue weighted by Gasteiger charge is -2.31. The van der Waals surface area contributed by atoms with Gasteiger partial charge >= 0.3 is 12.1 Å². The van der Waals surface area contributed by atoms with Gasteiger partial charge in [-0.05, 0) is 27.7 Å². The van der Waals surface area contributed by atoms with Gasteiger partial charge in [-0.15, -0.1) is 5.01 Å². The van der Waals surface area contributed by atoms with Crippen LogP contribution in [0, 0.1) is 0 Å². The van der Waals surface area contributed by atoms with Gasteiger partial charge in [-0.3, -0.25) is 9.59 Å². The Balaban J connectivity index is 3.06. The van der Waals surface area contributed by atoms with Crippen molar-refractivity contribution in [3.05, 3.63) is 0 Å². The number of hydrogen-bond donors (Lipinski definition) is 0. The molecule has 116 valence electrons. The third kappa shape index (κ3) is 4.66. The molecular formula is C13H19N3O5. The number of urea groups is 1. The minimum absolute atomic E-state index is 0.0155. The van der Waals surface area contributed by atoms with E-state index in [-0.39, 0.29) is 30.4 Å². The molecule has 0 bridgehead atoms. The fourth-order valence-electron chi connectivity index (χ4n) is 1.58. The lowest BCUT2D eigenvalue weighted by molar-refractivity contribution is -0.118. The van der Waals surface area contributed by atoms with Crippen LogP contribution in [0.5, 0.6) is 0 Å². The average molecular weight is 297 g/mol. The molecule has 0 spiro atoms. The maximum absolute atomic E-state index is 12.1. The summed E-state index contributed by atoms with van der Waals surface area (Å²) in [5, 5.41) is 4.21. The Morgan fingerprint density at radius 2 is 1.81 bits per heavy atom. The van der Waals surface area contributed by atoms with Crippen LogP contribution in [0.2, 0.25) is 0 Å². The molecule has 0 unspecified atom stereocenters. The fraction of sp³-hybridized carbons (Fsp3) is 0.615. The van der Waals surface area contributed by atoms with Crippen molar-refractivity contribution >= 4 is 29.4 Å². The zero-order chi connectivity index (χ0) is 16.4. The first-order valence-corrected chi connectivity index (χ1v) is 6.41. The van der Waals surface area contributed by atoms with Gasteiger partial charge in [0.2, 0.25) is 0 Å². The molecule has 0 N–H and O–H groups in total. The smallest absolute Gasteiger partial charge is 0.439 e. The number of hydrogen-bond acceptors (Lipinski definition) is 6. The lowest BCUT2D eigenvalue weighted by Crippen LogP contribution is -2.53. The number of Topliss-reactive ketones (excluding diaryl/α,β-unsaturated/α-hetero) is 2. The lowest BCUT2D eigenvalue weighted by atomic mass is 10.2. The van der Waals surface area contributed by atoms with Crippen LogP contribution in [0.3, 0.4) is 0 Å². The molecule has 3 amide bonds. The molecule has 0 fully saturated rings. The number of hydrazone groups is 1. The minimum Gasteiger partial charge on any atom is -0.442 e. The van der Waals surface area contributed by atoms with Crippen molar-refractivity contribution in [1.29, 1.82) is 0 Å². The van der Waals surface area contributed by atoms with Gasteiger partial charge in [0.1, 0.15) is 17.1 Å². The summed E-state index contributed by atoms with van der Waals surface area (Å²) in [6, 6.07) is -0.788. The summed E-state index contributed by atoms with van der Waals surface area (Å²) in [5.41, 5.74) is -0.798. The Kier molecular flexibility index (Phi) is 4.82. The molecule has 0 aromatic rings. The maximum Gasteiger partial charge on any atom is 0.439 e. The van der Waals surface area contributed by atoms with Crippen molar-refractivity contribution in [1.82, 2.24) is 9.91 Å². The van der Waals surface area contributed by atoms with Crippen molar-refractivity contribution in [2.45, 2.75) is 40.2 Å². The number of imide groups is 1. The highest BCUT2D eigenvalue weighted by Crippen LogP contribution is 2.15. The van der Waals surface area contributed by atoms with Crippen molar-refractivity contribution in [3.63, 3.8) is 0 Å². The number of ketones is 2. The minimum atomic E-state index is -0.987. The van der Waals surface area contributed by atoms with Crippen LogP contribution in [0.15, 0.2) is 5.10 Å². The van der Waals surface area contributed by atoms with Crippen LogP contribution < -0.4 is 0 Å². The molecule has 0 radical (unpaired) electrons. The highest BCUT2D eigenvalue weighted by atomic mass is 16.6. The van der Waals surface area contributed by atoms with E-state index >= 15 is 0 Å². The van der Waals surface area contributed by atoms with E-state index in [1.807, 2.05) is 0 Å². The second kappa shape index (κ2) is 6.02. The standard InChI is InChI=1S/C13H19N3O5/c1-8(17)6-15-7-10(9(2)18)14-16(11(15)19)12(20)21-13(3,4)5/h6-7H2,1-5H3. The van der Waals surface area contributed by atoms with Crippen LogP contribution in [-0.2, 0) is 14.3 Å². The molecule has 0 atom stereocenters. The molecule has 21 heavy (non-hydrogen) atoms. The summed E-state index contributed by atoms with van der Waals surface area (Å²) in [5.74, 6) is -0.651. The molecule has 0 saturated heterocycles. The van der Waals surface area contributed by atoms with Gasteiger partial charge in [0.15, 0.2) is 5.78 Å². The van der Waals surface area contributed by atoms with E-state index in [0.29, 0.717) is 5.01 Å². The van der Waals surface area contributed by atoms with E-state index in [0.717, 1.165) is 4.90 Å². The molecule has 0 saturated carbocycles. The van der Waals surface area contributed by atoms with Gasteiger partial charge < -0.3 is 9.64 Å². The summed E-state index contributed by atoms with van der Waals surface area (Å²) in [6.07, 6.45) is -0.987. The number of carbonyl (C=O) groups is 4. The molecule has 1 heterocycles. The van der Waals surface area contributed by atoms with Crippen LogP contribution in [0.1, 0.15) is 34.6 Å². The summed E-state index contributed by atoms with van der Waals surface area (Å²) in [4.78, 5) is 47.8. The Hall–Kier alpha value is -2.25. The molecule has 8 heteroatoms. The molecule has 1 rings (SSSR count). The Morgan fingerprint density at radius 1 is 1.24 bits per heavy atom.